The molecule has 2 aromatic rings. The summed E-state index contributed by atoms with van der Waals surface area (Å²) < 4.78 is 7.28. The third kappa shape index (κ3) is 6.33. The van der Waals surface area contributed by atoms with E-state index in [0.717, 1.165) is 18.4 Å². The highest BCUT2D eigenvalue weighted by molar-refractivity contribution is 6.21. The lowest BCUT2D eigenvalue weighted by molar-refractivity contribution is 0.0612. The van der Waals surface area contributed by atoms with Gasteiger partial charge in [-0.05, 0) is 49.5 Å². The fourth-order valence-electron chi connectivity index (χ4n) is 3.35. The number of pyridine rings is 2. The van der Waals surface area contributed by atoms with E-state index >= 15 is 0 Å². The van der Waals surface area contributed by atoms with Crippen LogP contribution in [0.4, 0.5) is 0 Å². The van der Waals surface area contributed by atoms with Crippen LogP contribution >= 0.6 is 11.6 Å². The van der Waals surface area contributed by atoms with Crippen LogP contribution in [0.1, 0.15) is 28.8 Å². The Morgan fingerprint density at radius 2 is 2.16 bits per heavy atom. The number of carbonyl (C=O) groups is 1. The molecule has 0 aromatic carbocycles. The van der Waals surface area contributed by atoms with Crippen molar-refractivity contribution in [3.8, 4) is 11.3 Å². The number of amides is 1. The predicted octanol–water partition coefficient (Wildman–Crippen LogP) is 2.43. The number of amidine groups is 1. The number of nitrogens with two attached hydrogens (primary N) is 1. The van der Waals surface area contributed by atoms with Gasteiger partial charge in [0.2, 0.25) is 5.43 Å². The second kappa shape index (κ2) is 10.5. The number of alkyl halides is 1. The first-order valence-corrected chi connectivity index (χ1v) is 10.5. The first-order valence-electron chi connectivity index (χ1n) is 10.1. The van der Waals surface area contributed by atoms with E-state index in [-0.39, 0.29) is 11.4 Å². The molecule has 1 aliphatic heterocycles. The molecule has 1 atom stereocenters. The molecule has 4 N–H and O–H groups in total. The Balaban J connectivity index is 1.95. The molecule has 0 spiro atoms. The minimum absolute atomic E-state index is 0.0553. The minimum Gasteiger partial charge on any atom is -0.381 e. The first kappa shape index (κ1) is 22.9. The van der Waals surface area contributed by atoms with E-state index in [1.165, 1.54) is 18.3 Å². The third-order valence-electron chi connectivity index (χ3n) is 5.02. The highest BCUT2D eigenvalue weighted by atomic mass is 35.5. The van der Waals surface area contributed by atoms with E-state index in [0.29, 0.717) is 36.9 Å². The Morgan fingerprint density at radius 3 is 2.81 bits per heavy atom. The van der Waals surface area contributed by atoms with Gasteiger partial charge >= 0.3 is 0 Å². The van der Waals surface area contributed by atoms with Crippen LogP contribution in [0.3, 0.4) is 0 Å². The van der Waals surface area contributed by atoms with Gasteiger partial charge in [-0.3, -0.25) is 20.0 Å². The lowest BCUT2D eigenvalue weighted by Crippen LogP contribution is -2.34. The molecule has 0 radical (unpaired) electrons. The van der Waals surface area contributed by atoms with Gasteiger partial charge in [0.25, 0.3) is 5.91 Å². The van der Waals surface area contributed by atoms with Gasteiger partial charge in [-0.25, -0.2) is 0 Å². The largest absolute Gasteiger partial charge is 0.381 e. The van der Waals surface area contributed by atoms with Gasteiger partial charge in [-0.15, -0.1) is 11.6 Å². The number of rotatable bonds is 6. The van der Waals surface area contributed by atoms with Crippen molar-refractivity contribution in [2.45, 2.75) is 31.8 Å². The summed E-state index contributed by atoms with van der Waals surface area (Å²) in [5.41, 5.74) is 5.94. The Morgan fingerprint density at radius 1 is 1.42 bits per heavy atom. The van der Waals surface area contributed by atoms with Crippen molar-refractivity contribution in [3.63, 3.8) is 0 Å². The molecule has 0 aliphatic carbocycles. The van der Waals surface area contributed by atoms with Crippen LogP contribution in [-0.2, 0) is 11.3 Å². The topological polar surface area (TPSA) is 123 Å². The maximum absolute atomic E-state index is 13.1. The highest BCUT2D eigenvalue weighted by Crippen LogP contribution is 2.19. The third-order valence-corrected chi connectivity index (χ3v) is 5.16. The van der Waals surface area contributed by atoms with E-state index in [1.807, 2.05) is 17.6 Å². The van der Waals surface area contributed by atoms with Gasteiger partial charge in [0.05, 0.1) is 16.8 Å². The molecule has 164 valence electrons. The minimum atomic E-state index is -0.773. The van der Waals surface area contributed by atoms with E-state index in [4.69, 9.17) is 27.5 Å². The molecule has 0 bridgehead atoms. The van der Waals surface area contributed by atoms with E-state index < -0.39 is 16.8 Å². The van der Waals surface area contributed by atoms with E-state index in [9.17, 15) is 9.59 Å². The molecule has 3 heterocycles. The Labute approximate surface area is 185 Å². The fourth-order valence-corrected chi connectivity index (χ4v) is 3.43. The molecule has 1 aliphatic rings. The van der Waals surface area contributed by atoms with Crippen molar-refractivity contribution in [1.82, 2.24) is 14.9 Å². The summed E-state index contributed by atoms with van der Waals surface area (Å²) in [7, 11) is 0. The molecule has 1 fully saturated rings. The number of aryl methyl sites for hydroxylation is 1. The molecular formula is C22H26ClN5O3. The summed E-state index contributed by atoms with van der Waals surface area (Å²) in [5.74, 6) is -0.495. The molecule has 3 rings (SSSR count). The van der Waals surface area contributed by atoms with Gasteiger partial charge < -0.3 is 20.4 Å². The zero-order chi connectivity index (χ0) is 22.4. The number of hydrogen-bond acceptors (Lipinski definition) is 6. The van der Waals surface area contributed by atoms with Crippen LogP contribution in [0.25, 0.3) is 11.3 Å². The number of ether oxygens (including phenoxy) is 1. The van der Waals surface area contributed by atoms with Crippen molar-refractivity contribution in [3.05, 3.63) is 64.2 Å². The quantitative estimate of drug-likeness (QED) is 0.274. The summed E-state index contributed by atoms with van der Waals surface area (Å²) in [5, 5.41) is 10.3. The van der Waals surface area contributed by atoms with Crippen LogP contribution in [0.2, 0.25) is 0 Å². The Hall–Kier alpha value is -2.81. The van der Waals surface area contributed by atoms with Crippen molar-refractivity contribution >= 4 is 23.3 Å². The van der Waals surface area contributed by atoms with Crippen LogP contribution in [0.15, 0.2) is 47.7 Å². The average molecular weight is 444 g/mol. The zero-order valence-electron chi connectivity index (χ0n) is 17.3. The van der Waals surface area contributed by atoms with Crippen LogP contribution in [-0.4, -0.2) is 40.0 Å². The number of aromatic nitrogens is 2. The molecule has 1 unspecified atom stereocenters. The van der Waals surface area contributed by atoms with Gasteiger partial charge in [0, 0.05) is 38.3 Å². The lowest BCUT2D eigenvalue weighted by Gasteiger charge is -2.23. The predicted molar refractivity (Wildman–Crippen MR) is 120 cm³/mol. The molecule has 8 nitrogen and oxygen atoms in total. The average Bonchev–Trinajstić information content (AvgIpc) is 2.74. The zero-order valence-corrected chi connectivity index (χ0v) is 18.1. The molecular weight excluding hydrogens is 418 g/mol. The SMILES string of the molecule is Cc1ccc(-c2cn(CC3CCOCC3)cc(C(=O)NC(=N)/C=C\C(N)Cl)c2=O)nc1. The van der Waals surface area contributed by atoms with Gasteiger partial charge in [0.1, 0.15) is 11.4 Å². The normalized spacial score (nSPS) is 15.7. The number of carbonyl (C=O) groups excluding carboxylic acids is 1. The summed E-state index contributed by atoms with van der Waals surface area (Å²) in [6.45, 7) is 3.98. The van der Waals surface area contributed by atoms with Crippen molar-refractivity contribution in [2.75, 3.05) is 13.2 Å². The first-order chi connectivity index (χ1) is 14.8. The number of nitrogens with zero attached hydrogens (tertiary/aromatic N) is 2. The molecule has 1 amide bonds. The number of nitrogens with one attached hydrogen (secondary N) is 2. The maximum atomic E-state index is 13.1. The van der Waals surface area contributed by atoms with E-state index in [2.05, 4.69) is 10.3 Å². The second-order valence-corrected chi connectivity index (χ2v) is 8.06. The van der Waals surface area contributed by atoms with Crippen molar-refractivity contribution in [2.24, 2.45) is 11.7 Å². The van der Waals surface area contributed by atoms with E-state index in [1.54, 1.807) is 18.5 Å². The highest BCUT2D eigenvalue weighted by Gasteiger charge is 2.20. The van der Waals surface area contributed by atoms with Gasteiger partial charge in [-0.2, -0.15) is 0 Å². The summed E-state index contributed by atoms with van der Waals surface area (Å²) >= 11 is 5.63. The van der Waals surface area contributed by atoms with Crippen LogP contribution < -0.4 is 16.5 Å². The summed E-state index contributed by atoms with van der Waals surface area (Å²) in [4.78, 5) is 30.3. The number of hydrogen-bond donors (Lipinski definition) is 3. The molecule has 2 aromatic heterocycles. The fraction of sp³-hybridized carbons (Fsp3) is 0.364. The van der Waals surface area contributed by atoms with Crippen LogP contribution in [0.5, 0.6) is 0 Å². The Kier molecular flexibility index (Phi) is 7.73. The van der Waals surface area contributed by atoms with Crippen molar-refractivity contribution in [1.29, 1.82) is 5.41 Å². The van der Waals surface area contributed by atoms with Gasteiger partial charge in [0.15, 0.2) is 0 Å². The standard InChI is InChI=1S/C22H26ClN5O3/c1-14-2-3-18(26-10-14)16-12-28(11-15-6-8-31-9-7-15)13-17(21(16)29)22(30)27-20(25)5-4-19(23)24/h2-5,10,12-13,15,19H,6-9,11,24H2,1H3,(H2,25,27,30)/b5-4-. The van der Waals surface area contributed by atoms with Gasteiger partial charge in [-0.1, -0.05) is 6.07 Å². The molecule has 9 heteroatoms. The maximum Gasteiger partial charge on any atom is 0.262 e. The Bertz CT molecular complexity index is 1020. The monoisotopic (exact) mass is 443 g/mol. The lowest BCUT2D eigenvalue weighted by atomic mass is 10.00. The smallest absolute Gasteiger partial charge is 0.262 e. The molecule has 0 saturated carbocycles. The molecule has 31 heavy (non-hydrogen) atoms. The summed E-state index contributed by atoms with van der Waals surface area (Å²) in [6, 6.07) is 3.63. The second-order valence-electron chi connectivity index (χ2n) is 7.56. The number of halogens is 1. The van der Waals surface area contributed by atoms with Crippen molar-refractivity contribution < 1.29 is 9.53 Å². The molecule has 1 saturated heterocycles. The van der Waals surface area contributed by atoms with Crippen LogP contribution in [0, 0.1) is 18.3 Å². The summed E-state index contributed by atoms with van der Waals surface area (Å²) in [6.07, 6.45) is 9.43.